The number of carbonyl (C=O) groups excluding carboxylic acids is 1. The Hall–Kier alpha value is -1.34. The van der Waals surface area contributed by atoms with Crippen LogP contribution in [0.3, 0.4) is 0 Å². The first-order chi connectivity index (χ1) is 8.78. The molecule has 18 heavy (non-hydrogen) atoms. The van der Waals surface area contributed by atoms with Crippen LogP contribution in [0.2, 0.25) is 0 Å². The second-order valence-corrected chi connectivity index (χ2v) is 5.56. The van der Waals surface area contributed by atoms with Gasteiger partial charge in [-0.25, -0.2) is 0 Å². The predicted octanol–water partition coefficient (Wildman–Crippen LogP) is 2.60. The van der Waals surface area contributed by atoms with Gasteiger partial charge in [-0.15, -0.1) is 0 Å². The number of anilines is 1. The molecule has 1 amide bonds. The quantitative estimate of drug-likeness (QED) is 0.872. The van der Waals surface area contributed by atoms with Crippen LogP contribution >= 0.6 is 23.3 Å². The SMILES string of the molecule is CSc1nsc(NC(=O)[C@H]2C[C@@H]2c2ccco2)n1. The number of thioether (sulfide) groups is 1. The van der Waals surface area contributed by atoms with Crippen LogP contribution in [0.4, 0.5) is 5.13 Å². The van der Waals surface area contributed by atoms with Crippen LogP contribution in [0, 0.1) is 5.92 Å². The van der Waals surface area contributed by atoms with Crippen LogP contribution in [0.1, 0.15) is 18.1 Å². The maximum absolute atomic E-state index is 12.0. The van der Waals surface area contributed by atoms with E-state index < -0.39 is 0 Å². The zero-order valence-electron chi connectivity index (χ0n) is 9.62. The Labute approximate surface area is 112 Å². The van der Waals surface area contributed by atoms with Crippen molar-refractivity contribution in [1.82, 2.24) is 9.36 Å². The number of aromatic nitrogens is 2. The Morgan fingerprint density at radius 3 is 3.22 bits per heavy atom. The highest BCUT2D eigenvalue weighted by atomic mass is 32.2. The van der Waals surface area contributed by atoms with Gasteiger partial charge in [0.25, 0.3) is 0 Å². The molecule has 94 valence electrons. The molecule has 0 unspecified atom stereocenters. The van der Waals surface area contributed by atoms with Gasteiger partial charge in [-0.3, -0.25) is 4.79 Å². The van der Waals surface area contributed by atoms with E-state index in [0.717, 1.165) is 12.2 Å². The summed E-state index contributed by atoms with van der Waals surface area (Å²) in [6.45, 7) is 0. The molecule has 2 aromatic heterocycles. The molecule has 1 fully saturated rings. The lowest BCUT2D eigenvalue weighted by Gasteiger charge is -1.98. The molecule has 1 aliphatic carbocycles. The van der Waals surface area contributed by atoms with Gasteiger partial charge < -0.3 is 9.73 Å². The second kappa shape index (κ2) is 4.74. The maximum atomic E-state index is 12.0. The van der Waals surface area contributed by atoms with Gasteiger partial charge in [-0.05, 0) is 24.8 Å². The topological polar surface area (TPSA) is 68.0 Å². The van der Waals surface area contributed by atoms with E-state index in [1.54, 1.807) is 6.26 Å². The molecule has 0 spiro atoms. The van der Waals surface area contributed by atoms with Crippen molar-refractivity contribution in [2.45, 2.75) is 17.5 Å². The van der Waals surface area contributed by atoms with E-state index in [2.05, 4.69) is 14.7 Å². The zero-order valence-corrected chi connectivity index (χ0v) is 11.3. The minimum atomic E-state index is -0.00206. The Kier molecular flexibility index (Phi) is 3.09. The van der Waals surface area contributed by atoms with Gasteiger partial charge in [0.15, 0.2) is 0 Å². The van der Waals surface area contributed by atoms with Gasteiger partial charge in [0.1, 0.15) is 5.76 Å². The number of amides is 1. The van der Waals surface area contributed by atoms with Gasteiger partial charge in [0.2, 0.25) is 16.2 Å². The lowest BCUT2D eigenvalue weighted by Crippen LogP contribution is -2.14. The fourth-order valence-electron chi connectivity index (χ4n) is 1.84. The number of rotatable bonds is 4. The molecule has 7 heteroatoms. The minimum absolute atomic E-state index is 0.000188. The largest absolute Gasteiger partial charge is 0.469 e. The molecule has 0 aliphatic heterocycles. The summed E-state index contributed by atoms with van der Waals surface area (Å²) in [5.41, 5.74) is 0. The summed E-state index contributed by atoms with van der Waals surface area (Å²) in [6, 6.07) is 3.76. The molecular formula is C11H11N3O2S2. The summed E-state index contributed by atoms with van der Waals surface area (Å²) >= 11 is 2.67. The molecule has 0 saturated heterocycles. The monoisotopic (exact) mass is 281 g/mol. The fraction of sp³-hybridized carbons (Fsp3) is 0.364. The van der Waals surface area contributed by atoms with Crippen molar-refractivity contribution in [2.75, 3.05) is 11.6 Å². The smallest absolute Gasteiger partial charge is 0.230 e. The molecule has 2 atom stereocenters. The first-order valence-corrected chi connectivity index (χ1v) is 7.49. The standard InChI is InChI=1S/C11H11N3O2S2/c1-17-11-13-10(18-14-11)12-9(15)7-5-6(7)8-3-2-4-16-8/h2-4,6-7H,5H2,1H3,(H,12,13,14,15)/t6-,7-/m0/s1. The zero-order chi connectivity index (χ0) is 12.5. The molecule has 0 radical (unpaired) electrons. The van der Waals surface area contributed by atoms with E-state index in [9.17, 15) is 4.79 Å². The van der Waals surface area contributed by atoms with Crippen molar-refractivity contribution in [3.63, 3.8) is 0 Å². The highest BCUT2D eigenvalue weighted by Crippen LogP contribution is 2.48. The highest BCUT2D eigenvalue weighted by Gasteiger charge is 2.46. The van der Waals surface area contributed by atoms with Crippen molar-refractivity contribution in [2.24, 2.45) is 5.92 Å². The van der Waals surface area contributed by atoms with Crippen LogP contribution in [0.25, 0.3) is 0 Å². The van der Waals surface area contributed by atoms with E-state index in [4.69, 9.17) is 4.42 Å². The Morgan fingerprint density at radius 2 is 2.56 bits per heavy atom. The van der Waals surface area contributed by atoms with Crippen molar-refractivity contribution in [3.05, 3.63) is 24.2 Å². The average Bonchev–Trinajstić information content (AvgIpc) is 2.80. The van der Waals surface area contributed by atoms with E-state index >= 15 is 0 Å². The van der Waals surface area contributed by atoms with Crippen LogP contribution in [0.15, 0.2) is 28.0 Å². The summed E-state index contributed by atoms with van der Waals surface area (Å²) < 4.78 is 9.40. The summed E-state index contributed by atoms with van der Waals surface area (Å²) in [5.74, 6) is 1.10. The molecule has 0 bridgehead atoms. The van der Waals surface area contributed by atoms with E-state index in [1.165, 1.54) is 23.3 Å². The minimum Gasteiger partial charge on any atom is -0.469 e. The molecule has 1 aliphatic rings. The number of furan rings is 1. The normalized spacial score (nSPS) is 21.8. The first-order valence-electron chi connectivity index (χ1n) is 5.50. The molecule has 2 aromatic rings. The third kappa shape index (κ3) is 2.28. The molecule has 2 heterocycles. The van der Waals surface area contributed by atoms with Crippen molar-refractivity contribution in [3.8, 4) is 0 Å². The van der Waals surface area contributed by atoms with Gasteiger partial charge in [0, 0.05) is 23.4 Å². The summed E-state index contributed by atoms with van der Waals surface area (Å²) in [5, 5.41) is 4.05. The van der Waals surface area contributed by atoms with Crippen molar-refractivity contribution < 1.29 is 9.21 Å². The van der Waals surface area contributed by atoms with E-state index in [1.807, 2.05) is 18.4 Å². The Morgan fingerprint density at radius 1 is 1.67 bits per heavy atom. The molecule has 0 aromatic carbocycles. The van der Waals surface area contributed by atoms with E-state index in [0.29, 0.717) is 10.3 Å². The van der Waals surface area contributed by atoms with Crippen LogP contribution in [0.5, 0.6) is 0 Å². The lowest BCUT2D eigenvalue weighted by atomic mass is 10.2. The summed E-state index contributed by atoms with van der Waals surface area (Å²) in [7, 11) is 0. The molecule has 1 saturated carbocycles. The summed E-state index contributed by atoms with van der Waals surface area (Å²) in [4.78, 5) is 16.1. The average molecular weight is 281 g/mol. The molecule has 3 rings (SSSR count). The molecular weight excluding hydrogens is 270 g/mol. The number of hydrogen-bond acceptors (Lipinski definition) is 6. The number of nitrogens with one attached hydrogen (secondary N) is 1. The third-order valence-electron chi connectivity index (χ3n) is 2.86. The van der Waals surface area contributed by atoms with Crippen LogP contribution < -0.4 is 5.32 Å². The third-order valence-corrected chi connectivity index (χ3v) is 4.15. The molecule has 1 N–H and O–H groups in total. The van der Waals surface area contributed by atoms with E-state index in [-0.39, 0.29) is 17.7 Å². The predicted molar refractivity (Wildman–Crippen MR) is 69.9 cm³/mol. The summed E-state index contributed by atoms with van der Waals surface area (Å²) in [6.07, 6.45) is 4.38. The highest BCUT2D eigenvalue weighted by molar-refractivity contribution is 7.98. The van der Waals surface area contributed by atoms with Gasteiger partial charge >= 0.3 is 0 Å². The van der Waals surface area contributed by atoms with Crippen LogP contribution in [-0.4, -0.2) is 21.5 Å². The van der Waals surface area contributed by atoms with Crippen molar-refractivity contribution >= 4 is 34.3 Å². The molecule has 5 nitrogen and oxygen atoms in total. The second-order valence-electron chi connectivity index (χ2n) is 4.04. The van der Waals surface area contributed by atoms with Gasteiger partial charge in [-0.1, -0.05) is 11.8 Å². The van der Waals surface area contributed by atoms with Gasteiger partial charge in [-0.2, -0.15) is 9.36 Å². The first kappa shape index (κ1) is 11.7. The number of nitrogens with zero attached hydrogens (tertiary/aromatic N) is 2. The lowest BCUT2D eigenvalue weighted by molar-refractivity contribution is -0.117. The van der Waals surface area contributed by atoms with Crippen LogP contribution in [-0.2, 0) is 4.79 Å². The van der Waals surface area contributed by atoms with Crippen molar-refractivity contribution in [1.29, 1.82) is 0 Å². The maximum Gasteiger partial charge on any atom is 0.230 e. The fourth-order valence-corrected chi connectivity index (χ4v) is 2.97. The number of carbonyl (C=O) groups is 1. The Balaban J connectivity index is 1.60. The Bertz CT molecular complexity index is 552. The van der Waals surface area contributed by atoms with Gasteiger partial charge in [0.05, 0.1) is 6.26 Å². The number of hydrogen-bond donors (Lipinski definition) is 1.